The van der Waals surface area contributed by atoms with Gasteiger partial charge in [0, 0.05) is 32.2 Å². The lowest BCUT2D eigenvalue weighted by Crippen LogP contribution is -2.35. The van der Waals surface area contributed by atoms with Crippen molar-refractivity contribution in [3.05, 3.63) is 24.3 Å². The highest BCUT2D eigenvalue weighted by atomic mass is 16.3. The molecule has 20 heavy (non-hydrogen) atoms. The van der Waals surface area contributed by atoms with Gasteiger partial charge in [0.1, 0.15) is 0 Å². The van der Waals surface area contributed by atoms with Crippen LogP contribution in [0.5, 0.6) is 0 Å². The predicted molar refractivity (Wildman–Crippen MR) is 82.5 cm³/mol. The number of hydrogen-bond acceptors (Lipinski definition) is 4. The number of nitrogens with two attached hydrogens (primary N) is 1. The standard InChI is InChI=1S/C15H25N3O2/c1-12(2)18(9-5-11-19)10-8-15(20)17-14-7-4-3-6-13(14)16/h3-4,6-7,12,19H,5,8-11,16H2,1-2H3,(H,17,20). The van der Waals surface area contributed by atoms with Crippen LogP contribution in [0.15, 0.2) is 24.3 Å². The van der Waals surface area contributed by atoms with Crippen molar-refractivity contribution in [1.29, 1.82) is 0 Å². The van der Waals surface area contributed by atoms with E-state index in [0.29, 0.717) is 30.4 Å². The molecule has 5 nitrogen and oxygen atoms in total. The summed E-state index contributed by atoms with van der Waals surface area (Å²) in [5.41, 5.74) is 7.01. The van der Waals surface area contributed by atoms with E-state index in [0.717, 1.165) is 13.0 Å². The van der Waals surface area contributed by atoms with E-state index in [4.69, 9.17) is 10.8 Å². The second-order valence-electron chi connectivity index (χ2n) is 5.09. The number of nitrogens with one attached hydrogen (secondary N) is 1. The summed E-state index contributed by atoms with van der Waals surface area (Å²) < 4.78 is 0. The zero-order valence-electron chi connectivity index (χ0n) is 12.3. The molecule has 112 valence electrons. The van der Waals surface area contributed by atoms with E-state index >= 15 is 0 Å². The molecule has 0 aliphatic heterocycles. The van der Waals surface area contributed by atoms with Crippen molar-refractivity contribution < 1.29 is 9.90 Å². The monoisotopic (exact) mass is 279 g/mol. The molecule has 0 bridgehead atoms. The lowest BCUT2D eigenvalue weighted by Gasteiger charge is -2.25. The van der Waals surface area contributed by atoms with Gasteiger partial charge in [-0.2, -0.15) is 0 Å². The molecule has 0 radical (unpaired) electrons. The zero-order chi connectivity index (χ0) is 15.0. The fourth-order valence-corrected chi connectivity index (χ4v) is 1.97. The Hall–Kier alpha value is -1.59. The van der Waals surface area contributed by atoms with Crippen molar-refractivity contribution >= 4 is 17.3 Å². The van der Waals surface area contributed by atoms with Gasteiger partial charge in [0.25, 0.3) is 0 Å². The molecule has 0 heterocycles. The number of para-hydroxylation sites is 2. The number of anilines is 2. The molecule has 0 aromatic heterocycles. The average Bonchev–Trinajstić information content (AvgIpc) is 2.41. The van der Waals surface area contributed by atoms with E-state index in [9.17, 15) is 4.79 Å². The molecule has 1 rings (SSSR count). The van der Waals surface area contributed by atoms with E-state index in [-0.39, 0.29) is 12.5 Å². The van der Waals surface area contributed by atoms with Crippen LogP contribution in [0.3, 0.4) is 0 Å². The van der Waals surface area contributed by atoms with Crippen LogP contribution in [0.1, 0.15) is 26.7 Å². The number of benzene rings is 1. The topological polar surface area (TPSA) is 78.6 Å². The van der Waals surface area contributed by atoms with Gasteiger partial charge < -0.3 is 21.1 Å². The Morgan fingerprint density at radius 3 is 2.65 bits per heavy atom. The van der Waals surface area contributed by atoms with Gasteiger partial charge in [-0.05, 0) is 32.4 Å². The van der Waals surface area contributed by atoms with Gasteiger partial charge in [-0.3, -0.25) is 4.79 Å². The average molecular weight is 279 g/mol. The minimum Gasteiger partial charge on any atom is -0.397 e. The van der Waals surface area contributed by atoms with Crippen LogP contribution in [-0.4, -0.2) is 41.7 Å². The highest BCUT2D eigenvalue weighted by Gasteiger charge is 2.11. The molecule has 4 N–H and O–H groups in total. The quantitative estimate of drug-likeness (QED) is 0.633. The van der Waals surface area contributed by atoms with Crippen molar-refractivity contribution in [2.45, 2.75) is 32.7 Å². The normalized spacial score (nSPS) is 11.1. The van der Waals surface area contributed by atoms with Crippen LogP contribution >= 0.6 is 0 Å². The van der Waals surface area contributed by atoms with E-state index < -0.39 is 0 Å². The number of aliphatic hydroxyl groups excluding tert-OH is 1. The Labute approximate surface area is 120 Å². The Bertz CT molecular complexity index is 421. The first-order chi connectivity index (χ1) is 9.54. The maximum absolute atomic E-state index is 11.9. The summed E-state index contributed by atoms with van der Waals surface area (Å²) in [7, 11) is 0. The second kappa shape index (κ2) is 8.55. The molecule has 1 aromatic rings. The van der Waals surface area contributed by atoms with Crippen molar-refractivity contribution in [2.75, 3.05) is 30.7 Å². The lowest BCUT2D eigenvalue weighted by atomic mass is 10.2. The van der Waals surface area contributed by atoms with Crippen molar-refractivity contribution in [1.82, 2.24) is 4.90 Å². The third-order valence-electron chi connectivity index (χ3n) is 3.19. The first-order valence-corrected chi connectivity index (χ1v) is 7.04. The fourth-order valence-electron chi connectivity index (χ4n) is 1.97. The van der Waals surface area contributed by atoms with Gasteiger partial charge in [0.05, 0.1) is 11.4 Å². The van der Waals surface area contributed by atoms with Gasteiger partial charge in [0.15, 0.2) is 0 Å². The summed E-state index contributed by atoms with van der Waals surface area (Å²) in [5.74, 6) is -0.0439. The maximum atomic E-state index is 11.9. The highest BCUT2D eigenvalue weighted by molar-refractivity contribution is 5.93. The van der Waals surface area contributed by atoms with Gasteiger partial charge >= 0.3 is 0 Å². The first-order valence-electron chi connectivity index (χ1n) is 7.04. The summed E-state index contributed by atoms with van der Waals surface area (Å²) in [6, 6.07) is 7.58. The summed E-state index contributed by atoms with van der Waals surface area (Å²) in [5, 5.41) is 11.7. The SMILES string of the molecule is CC(C)N(CCCO)CCC(=O)Nc1ccccc1N. The van der Waals surface area contributed by atoms with Crippen LogP contribution in [0, 0.1) is 0 Å². The molecule has 0 saturated heterocycles. The minimum atomic E-state index is -0.0439. The van der Waals surface area contributed by atoms with Crippen molar-refractivity contribution in [3.63, 3.8) is 0 Å². The zero-order valence-corrected chi connectivity index (χ0v) is 12.3. The second-order valence-corrected chi connectivity index (χ2v) is 5.09. The highest BCUT2D eigenvalue weighted by Crippen LogP contribution is 2.16. The third-order valence-corrected chi connectivity index (χ3v) is 3.19. The number of hydrogen-bond donors (Lipinski definition) is 3. The van der Waals surface area contributed by atoms with Gasteiger partial charge in [-0.15, -0.1) is 0 Å². The predicted octanol–water partition coefficient (Wildman–Crippen LogP) is 1.69. The molecular weight excluding hydrogens is 254 g/mol. The summed E-state index contributed by atoms with van der Waals surface area (Å²) in [6.07, 6.45) is 1.14. The number of amides is 1. The molecular formula is C15H25N3O2. The Morgan fingerprint density at radius 1 is 1.35 bits per heavy atom. The molecule has 1 aromatic carbocycles. The molecule has 0 unspecified atom stereocenters. The van der Waals surface area contributed by atoms with E-state index in [1.807, 2.05) is 12.1 Å². The molecule has 5 heteroatoms. The van der Waals surface area contributed by atoms with Gasteiger partial charge in [-0.1, -0.05) is 12.1 Å². The number of nitrogen functional groups attached to an aromatic ring is 1. The molecule has 1 amide bonds. The van der Waals surface area contributed by atoms with E-state index in [2.05, 4.69) is 24.1 Å². The smallest absolute Gasteiger partial charge is 0.225 e. The van der Waals surface area contributed by atoms with Crippen LogP contribution in [-0.2, 0) is 4.79 Å². The maximum Gasteiger partial charge on any atom is 0.225 e. The molecule has 0 spiro atoms. The Kier molecular flexibility index (Phi) is 7.04. The lowest BCUT2D eigenvalue weighted by molar-refractivity contribution is -0.116. The van der Waals surface area contributed by atoms with Crippen molar-refractivity contribution in [3.8, 4) is 0 Å². The van der Waals surface area contributed by atoms with E-state index in [1.54, 1.807) is 12.1 Å². The number of carbonyl (C=O) groups excluding carboxylic acids is 1. The number of nitrogens with zero attached hydrogens (tertiary/aromatic N) is 1. The minimum absolute atomic E-state index is 0.0439. The van der Waals surface area contributed by atoms with Crippen LogP contribution in [0.2, 0.25) is 0 Å². The van der Waals surface area contributed by atoms with Crippen LogP contribution < -0.4 is 11.1 Å². The largest absolute Gasteiger partial charge is 0.397 e. The van der Waals surface area contributed by atoms with Gasteiger partial charge in [0.2, 0.25) is 5.91 Å². The number of carbonyl (C=O) groups is 1. The number of aliphatic hydroxyl groups is 1. The Morgan fingerprint density at radius 2 is 2.05 bits per heavy atom. The molecule has 0 atom stereocenters. The van der Waals surface area contributed by atoms with Crippen LogP contribution in [0.4, 0.5) is 11.4 Å². The Balaban J connectivity index is 2.43. The fraction of sp³-hybridized carbons (Fsp3) is 0.533. The summed E-state index contributed by atoms with van der Waals surface area (Å²) in [4.78, 5) is 14.1. The first kappa shape index (κ1) is 16.5. The summed E-state index contributed by atoms with van der Waals surface area (Å²) >= 11 is 0. The molecule has 0 saturated carbocycles. The van der Waals surface area contributed by atoms with E-state index in [1.165, 1.54) is 0 Å². The van der Waals surface area contributed by atoms with Crippen LogP contribution in [0.25, 0.3) is 0 Å². The third kappa shape index (κ3) is 5.59. The number of rotatable bonds is 8. The van der Waals surface area contributed by atoms with Crippen molar-refractivity contribution in [2.24, 2.45) is 0 Å². The molecule has 0 aliphatic rings. The van der Waals surface area contributed by atoms with Gasteiger partial charge in [-0.25, -0.2) is 0 Å². The molecule has 0 aliphatic carbocycles. The molecule has 0 fully saturated rings. The summed E-state index contributed by atoms with van der Waals surface area (Å²) in [6.45, 7) is 5.83.